The molecule has 1 aliphatic heterocycles. The van der Waals surface area contributed by atoms with Crippen LogP contribution in [-0.2, 0) is 11.3 Å². The van der Waals surface area contributed by atoms with E-state index >= 15 is 0 Å². The minimum Gasteiger partial charge on any atom is -0.497 e. The molecule has 0 unspecified atom stereocenters. The molecular weight excluding hydrogens is 436 g/mol. The van der Waals surface area contributed by atoms with Gasteiger partial charge in [0.05, 0.1) is 30.5 Å². The highest BCUT2D eigenvalue weighted by atomic mass is 32.2. The normalized spacial score (nSPS) is 15.9. The molecule has 0 fully saturated rings. The number of benzene rings is 1. The van der Waals surface area contributed by atoms with Crippen LogP contribution in [0.3, 0.4) is 0 Å². The zero-order valence-electron chi connectivity index (χ0n) is 19.7. The molecule has 1 amide bonds. The van der Waals surface area contributed by atoms with Crippen molar-refractivity contribution in [2.45, 2.75) is 51.9 Å². The van der Waals surface area contributed by atoms with Crippen LogP contribution in [0.15, 0.2) is 57.3 Å². The maximum Gasteiger partial charge on any atom is 0.253 e. The van der Waals surface area contributed by atoms with E-state index in [1.54, 1.807) is 18.4 Å². The molecule has 0 saturated heterocycles. The number of carbonyl (C=O) groups is 1. The Morgan fingerprint density at radius 1 is 1.24 bits per heavy atom. The van der Waals surface area contributed by atoms with Crippen molar-refractivity contribution < 1.29 is 13.9 Å². The van der Waals surface area contributed by atoms with Crippen LogP contribution in [0, 0.1) is 19.8 Å². The van der Waals surface area contributed by atoms with E-state index in [1.807, 2.05) is 43.3 Å². The fourth-order valence-electron chi connectivity index (χ4n) is 3.91. The third-order valence-corrected chi connectivity index (χ3v) is 6.72. The molecule has 7 nitrogen and oxygen atoms in total. The van der Waals surface area contributed by atoms with Gasteiger partial charge in [0.2, 0.25) is 0 Å². The number of rotatable bonds is 8. The number of carbonyl (C=O) groups excluding carboxylic acids is 1. The van der Waals surface area contributed by atoms with Gasteiger partial charge >= 0.3 is 0 Å². The summed E-state index contributed by atoms with van der Waals surface area (Å²) in [5.74, 6) is 2.19. The topological polar surface area (TPSA) is 72.9 Å². The summed E-state index contributed by atoms with van der Waals surface area (Å²) in [6, 6.07) is 11.2. The molecule has 0 saturated carbocycles. The summed E-state index contributed by atoms with van der Waals surface area (Å²) in [6.07, 6.45) is 2.23. The Morgan fingerprint density at radius 3 is 2.64 bits per heavy atom. The Labute approximate surface area is 198 Å². The predicted molar refractivity (Wildman–Crippen MR) is 130 cm³/mol. The van der Waals surface area contributed by atoms with Crippen LogP contribution in [0.1, 0.15) is 49.0 Å². The number of hydrogen-bond acceptors (Lipinski definition) is 6. The van der Waals surface area contributed by atoms with Gasteiger partial charge < -0.3 is 13.7 Å². The monoisotopic (exact) mass is 466 g/mol. The lowest BCUT2D eigenvalue weighted by atomic mass is 10.0. The second kappa shape index (κ2) is 9.87. The van der Waals surface area contributed by atoms with E-state index in [9.17, 15) is 4.79 Å². The largest absolute Gasteiger partial charge is 0.497 e. The molecule has 0 bridgehead atoms. The standard InChI is InChI=1S/C25H30N4O3S/c1-16(2)14-28-18(4)17(3)26-25(28)33-15-24(30)29-22(23-7-6-12-32-23)13-21(27-29)19-8-10-20(31-5)11-9-19/h6-12,16,22H,13-15H2,1-5H3/t22-/m0/s1. The second-order valence-electron chi connectivity index (χ2n) is 8.61. The van der Waals surface area contributed by atoms with E-state index in [2.05, 4.69) is 25.3 Å². The van der Waals surface area contributed by atoms with Gasteiger partial charge in [-0.2, -0.15) is 5.10 Å². The Hall–Kier alpha value is -3.00. The van der Waals surface area contributed by atoms with Gasteiger partial charge in [-0.25, -0.2) is 9.99 Å². The Balaban J connectivity index is 1.55. The van der Waals surface area contributed by atoms with Crippen LogP contribution in [0.5, 0.6) is 5.75 Å². The maximum absolute atomic E-state index is 13.3. The van der Waals surface area contributed by atoms with Gasteiger partial charge in [-0.15, -0.1) is 0 Å². The molecule has 3 aromatic rings. The summed E-state index contributed by atoms with van der Waals surface area (Å²) in [7, 11) is 1.64. The zero-order valence-corrected chi connectivity index (χ0v) is 20.6. The molecule has 3 heterocycles. The lowest BCUT2D eigenvalue weighted by Gasteiger charge is -2.20. The lowest BCUT2D eigenvalue weighted by Crippen LogP contribution is -2.28. The molecule has 4 rings (SSSR count). The van der Waals surface area contributed by atoms with Crippen LogP contribution in [0.2, 0.25) is 0 Å². The SMILES string of the molecule is COc1ccc(C2=NN(C(=O)CSc3nc(C)c(C)n3CC(C)C)[C@H](c3ccco3)C2)cc1. The van der Waals surface area contributed by atoms with Crippen molar-refractivity contribution in [1.82, 2.24) is 14.6 Å². The zero-order chi connectivity index (χ0) is 23.5. The third kappa shape index (κ3) is 5.00. The van der Waals surface area contributed by atoms with E-state index in [0.717, 1.165) is 45.9 Å². The number of thioether (sulfide) groups is 1. The molecule has 0 radical (unpaired) electrons. The van der Waals surface area contributed by atoms with Crippen LogP contribution < -0.4 is 4.74 Å². The third-order valence-electron chi connectivity index (χ3n) is 5.76. The molecule has 33 heavy (non-hydrogen) atoms. The number of methoxy groups -OCH3 is 1. The minimum absolute atomic E-state index is 0.0701. The Kier molecular flexibility index (Phi) is 6.93. The number of ether oxygens (including phenoxy) is 1. The highest BCUT2D eigenvalue weighted by molar-refractivity contribution is 7.99. The summed E-state index contributed by atoms with van der Waals surface area (Å²) in [5, 5.41) is 7.16. The predicted octanol–water partition coefficient (Wildman–Crippen LogP) is 5.23. The van der Waals surface area contributed by atoms with Crippen molar-refractivity contribution >= 4 is 23.4 Å². The number of aromatic nitrogens is 2. The van der Waals surface area contributed by atoms with Crippen LogP contribution in [0.25, 0.3) is 0 Å². The first kappa shape index (κ1) is 23.2. The lowest BCUT2D eigenvalue weighted by molar-refractivity contribution is -0.130. The molecule has 1 aromatic carbocycles. The highest BCUT2D eigenvalue weighted by Crippen LogP contribution is 2.34. The van der Waals surface area contributed by atoms with Crippen LogP contribution >= 0.6 is 11.8 Å². The smallest absolute Gasteiger partial charge is 0.253 e. The number of imidazole rings is 1. The molecule has 8 heteroatoms. The molecule has 174 valence electrons. The number of amides is 1. The van der Waals surface area contributed by atoms with Crippen molar-refractivity contribution in [3.63, 3.8) is 0 Å². The number of nitrogens with zero attached hydrogens (tertiary/aromatic N) is 4. The molecule has 2 aromatic heterocycles. The van der Waals surface area contributed by atoms with E-state index < -0.39 is 0 Å². The van der Waals surface area contributed by atoms with Crippen molar-refractivity contribution in [3.8, 4) is 5.75 Å². The fraction of sp³-hybridized carbons (Fsp3) is 0.400. The fourth-order valence-corrected chi connectivity index (χ4v) is 4.86. The first-order valence-electron chi connectivity index (χ1n) is 11.1. The van der Waals surface area contributed by atoms with Crippen molar-refractivity contribution in [2.75, 3.05) is 12.9 Å². The van der Waals surface area contributed by atoms with Gasteiger partial charge in [-0.05, 0) is 61.7 Å². The summed E-state index contributed by atoms with van der Waals surface area (Å²) in [4.78, 5) is 18.0. The second-order valence-corrected chi connectivity index (χ2v) is 9.55. The van der Waals surface area contributed by atoms with Gasteiger partial charge in [-0.3, -0.25) is 4.79 Å². The molecule has 1 aliphatic rings. The van der Waals surface area contributed by atoms with Gasteiger partial charge in [-0.1, -0.05) is 25.6 Å². The summed E-state index contributed by atoms with van der Waals surface area (Å²) in [5.41, 5.74) is 3.97. The maximum atomic E-state index is 13.3. The number of aryl methyl sites for hydroxylation is 1. The van der Waals surface area contributed by atoms with Crippen molar-refractivity contribution in [2.24, 2.45) is 11.0 Å². The summed E-state index contributed by atoms with van der Waals surface area (Å²) < 4.78 is 13.1. The van der Waals surface area contributed by atoms with Gasteiger partial charge in [0.1, 0.15) is 17.6 Å². The Bertz CT molecular complexity index is 1130. The number of hydrogen-bond donors (Lipinski definition) is 0. The van der Waals surface area contributed by atoms with Crippen LogP contribution in [0.4, 0.5) is 0 Å². The minimum atomic E-state index is -0.260. The average Bonchev–Trinajstić information content (AvgIpc) is 3.54. The van der Waals surface area contributed by atoms with E-state index in [4.69, 9.17) is 19.2 Å². The summed E-state index contributed by atoms with van der Waals surface area (Å²) >= 11 is 1.46. The van der Waals surface area contributed by atoms with Gasteiger partial charge in [0.15, 0.2) is 5.16 Å². The van der Waals surface area contributed by atoms with Crippen molar-refractivity contribution in [3.05, 3.63) is 65.4 Å². The van der Waals surface area contributed by atoms with E-state index in [1.165, 1.54) is 11.8 Å². The average molecular weight is 467 g/mol. The molecule has 0 N–H and O–H groups in total. The number of hydrazone groups is 1. The Morgan fingerprint density at radius 2 is 2.00 bits per heavy atom. The molecular formula is C25H30N4O3S. The first-order chi connectivity index (χ1) is 15.9. The molecule has 0 aliphatic carbocycles. The number of furan rings is 1. The van der Waals surface area contributed by atoms with Crippen LogP contribution in [-0.4, -0.2) is 39.0 Å². The van der Waals surface area contributed by atoms with Gasteiger partial charge in [0, 0.05) is 18.7 Å². The van der Waals surface area contributed by atoms with E-state index in [0.29, 0.717) is 12.3 Å². The van der Waals surface area contributed by atoms with E-state index in [-0.39, 0.29) is 17.7 Å². The summed E-state index contributed by atoms with van der Waals surface area (Å²) in [6.45, 7) is 9.33. The van der Waals surface area contributed by atoms with Crippen molar-refractivity contribution in [1.29, 1.82) is 0 Å². The van der Waals surface area contributed by atoms with Gasteiger partial charge in [0.25, 0.3) is 5.91 Å². The molecule has 1 atom stereocenters. The highest BCUT2D eigenvalue weighted by Gasteiger charge is 2.35. The quantitative estimate of drug-likeness (QED) is 0.425. The first-order valence-corrected chi connectivity index (χ1v) is 12.1. The molecule has 0 spiro atoms.